The van der Waals surface area contributed by atoms with Crippen LogP contribution in [0, 0.1) is 5.92 Å². The van der Waals surface area contributed by atoms with Crippen LogP contribution in [0.4, 0.5) is 0 Å². The lowest BCUT2D eigenvalue weighted by atomic mass is 10.0. The third-order valence-electron chi connectivity index (χ3n) is 3.37. The molecule has 1 aromatic rings. The molecule has 0 bridgehead atoms. The number of likely N-dealkylation sites (N-methyl/N-ethyl adjacent to an activating group) is 1. The molecule has 0 fully saturated rings. The summed E-state index contributed by atoms with van der Waals surface area (Å²) >= 11 is 0. The van der Waals surface area contributed by atoms with Crippen molar-refractivity contribution in [1.82, 2.24) is 9.96 Å². The van der Waals surface area contributed by atoms with Gasteiger partial charge >= 0.3 is 5.97 Å². The van der Waals surface area contributed by atoms with E-state index in [1.807, 2.05) is 13.8 Å². The molecule has 2 rings (SSSR count). The van der Waals surface area contributed by atoms with Crippen molar-refractivity contribution in [2.45, 2.75) is 19.9 Å². The fourth-order valence-electron chi connectivity index (χ4n) is 2.47. The molecule has 1 aromatic carbocycles. The number of imide groups is 1. The first-order valence-corrected chi connectivity index (χ1v) is 6.70. The van der Waals surface area contributed by atoms with Gasteiger partial charge in [-0.05, 0) is 32.1 Å². The second-order valence-electron chi connectivity index (χ2n) is 5.51. The molecule has 0 aromatic heterocycles. The average molecular weight is 290 g/mol. The van der Waals surface area contributed by atoms with E-state index in [9.17, 15) is 14.4 Å². The molecule has 0 N–H and O–H groups in total. The fourth-order valence-corrected chi connectivity index (χ4v) is 2.47. The zero-order valence-corrected chi connectivity index (χ0v) is 12.5. The lowest BCUT2D eigenvalue weighted by Gasteiger charge is -2.26. The minimum atomic E-state index is -0.621. The van der Waals surface area contributed by atoms with Crippen molar-refractivity contribution in [2.24, 2.45) is 5.92 Å². The van der Waals surface area contributed by atoms with Crippen LogP contribution in [0.2, 0.25) is 0 Å². The molecule has 0 unspecified atom stereocenters. The first-order valence-electron chi connectivity index (χ1n) is 6.70. The van der Waals surface area contributed by atoms with Crippen molar-refractivity contribution in [3.8, 4) is 0 Å². The van der Waals surface area contributed by atoms with Gasteiger partial charge in [-0.1, -0.05) is 31.0 Å². The average Bonchev–Trinajstić information content (AvgIpc) is 2.64. The maximum atomic E-state index is 12.2. The number of rotatable bonds is 4. The van der Waals surface area contributed by atoms with Crippen LogP contribution in [0.25, 0.3) is 0 Å². The molecule has 0 saturated heterocycles. The Kier molecular flexibility index (Phi) is 4.09. The third-order valence-corrected chi connectivity index (χ3v) is 3.37. The monoisotopic (exact) mass is 290 g/mol. The topological polar surface area (TPSA) is 66.9 Å². The Hall–Kier alpha value is -2.21. The van der Waals surface area contributed by atoms with Gasteiger partial charge in [0.15, 0.2) is 0 Å². The predicted molar refractivity (Wildman–Crippen MR) is 75.3 cm³/mol. The molecule has 21 heavy (non-hydrogen) atoms. The Morgan fingerprint density at radius 3 is 1.95 bits per heavy atom. The summed E-state index contributed by atoms with van der Waals surface area (Å²) in [6.07, 6.45) is 0. The van der Waals surface area contributed by atoms with Crippen molar-refractivity contribution >= 4 is 17.8 Å². The number of nitrogens with zero attached hydrogens (tertiary/aromatic N) is 2. The summed E-state index contributed by atoms with van der Waals surface area (Å²) in [6, 6.07) is 5.86. The highest BCUT2D eigenvalue weighted by atomic mass is 16.7. The van der Waals surface area contributed by atoms with Crippen LogP contribution in [0.3, 0.4) is 0 Å². The minimum absolute atomic E-state index is 0.0114. The number of carbonyl (C=O) groups is 3. The summed E-state index contributed by atoms with van der Waals surface area (Å²) in [7, 11) is 3.49. The lowest BCUT2D eigenvalue weighted by molar-refractivity contribution is -0.175. The number of carbonyl (C=O) groups excluding carboxylic acids is 3. The van der Waals surface area contributed by atoms with Gasteiger partial charge in [-0.2, -0.15) is 0 Å². The van der Waals surface area contributed by atoms with Gasteiger partial charge in [0.05, 0.1) is 11.1 Å². The van der Waals surface area contributed by atoms with Gasteiger partial charge in [-0.15, -0.1) is 0 Å². The van der Waals surface area contributed by atoms with Gasteiger partial charge in [0.2, 0.25) is 0 Å². The van der Waals surface area contributed by atoms with Crippen LogP contribution in [0.15, 0.2) is 24.3 Å². The van der Waals surface area contributed by atoms with Gasteiger partial charge in [0, 0.05) is 0 Å². The van der Waals surface area contributed by atoms with Crippen LogP contribution < -0.4 is 0 Å². The van der Waals surface area contributed by atoms with Crippen LogP contribution in [-0.2, 0) is 9.63 Å². The summed E-state index contributed by atoms with van der Waals surface area (Å²) in [5, 5.41) is 0.547. The second-order valence-corrected chi connectivity index (χ2v) is 5.51. The molecule has 2 amide bonds. The van der Waals surface area contributed by atoms with Crippen molar-refractivity contribution in [3.05, 3.63) is 35.4 Å². The number of amides is 2. The van der Waals surface area contributed by atoms with E-state index in [0.717, 1.165) is 0 Å². The van der Waals surface area contributed by atoms with Crippen LogP contribution in [0.5, 0.6) is 0 Å². The molecule has 0 aliphatic carbocycles. The Morgan fingerprint density at radius 1 is 1.10 bits per heavy atom. The van der Waals surface area contributed by atoms with Gasteiger partial charge < -0.3 is 4.84 Å². The zero-order chi connectivity index (χ0) is 15.7. The van der Waals surface area contributed by atoms with Gasteiger partial charge in [0.1, 0.15) is 6.04 Å². The molecule has 1 aliphatic rings. The van der Waals surface area contributed by atoms with E-state index in [4.69, 9.17) is 4.84 Å². The standard InChI is InChI=1S/C15H18N2O4/c1-9(2)12(16(3)4)15(20)21-17-13(18)10-7-5-6-8-11(10)14(17)19/h5-9,12H,1-4H3/t12-/m0/s1. The maximum absolute atomic E-state index is 12.2. The molecular formula is C15H18N2O4. The van der Waals surface area contributed by atoms with Crippen molar-refractivity contribution in [2.75, 3.05) is 14.1 Å². The number of fused-ring (bicyclic) bond motifs is 1. The molecular weight excluding hydrogens is 272 g/mol. The number of hydrogen-bond donors (Lipinski definition) is 0. The first-order chi connectivity index (χ1) is 9.84. The van der Waals surface area contributed by atoms with E-state index < -0.39 is 23.8 Å². The molecule has 1 atom stereocenters. The number of benzene rings is 1. The summed E-state index contributed by atoms with van der Waals surface area (Å²) in [5.74, 6) is -1.84. The summed E-state index contributed by atoms with van der Waals surface area (Å²) < 4.78 is 0. The first kappa shape index (κ1) is 15.2. The van der Waals surface area contributed by atoms with E-state index in [1.165, 1.54) is 12.1 Å². The molecule has 112 valence electrons. The van der Waals surface area contributed by atoms with Crippen molar-refractivity contribution in [3.63, 3.8) is 0 Å². The molecule has 0 saturated carbocycles. The second kappa shape index (κ2) is 5.65. The highest BCUT2D eigenvalue weighted by Crippen LogP contribution is 2.23. The predicted octanol–water partition coefficient (Wildman–Crippen LogP) is 1.33. The lowest BCUT2D eigenvalue weighted by Crippen LogP contribution is -2.45. The van der Waals surface area contributed by atoms with E-state index in [1.54, 1.807) is 31.1 Å². The molecule has 6 nitrogen and oxygen atoms in total. The third kappa shape index (κ3) is 2.67. The molecule has 6 heteroatoms. The maximum Gasteiger partial charge on any atom is 0.350 e. The van der Waals surface area contributed by atoms with E-state index in [2.05, 4.69) is 0 Å². The summed E-state index contributed by atoms with van der Waals surface area (Å²) in [4.78, 5) is 43.2. The highest BCUT2D eigenvalue weighted by molar-refractivity contribution is 6.20. The molecule has 0 spiro atoms. The molecule has 1 heterocycles. The summed E-state index contributed by atoms with van der Waals surface area (Å²) in [5.41, 5.74) is 0.502. The van der Waals surface area contributed by atoms with E-state index in [0.29, 0.717) is 5.06 Å². The molecule has 1 aliphatic heterocycles. The van der Waals surface area contributed by atoms with Crippen molar-refractivity contribution in [1.29, 1.82) is 0 Å². The fraction of sp³-hybridized carbons (Fsp3) is 0.400. The smallest absolute Gasteiger partial charge is 0.328 e. The van der Waals surface area contributed by atoms with E-state index in [-0.39, 0.29) is 17.0 Å². The normalized spacial score (nSPS) is 15.6. The Bertz CT molecular complexity index is 552. The Balaban J connectivity index is 2.20. The Labute approximate surface area is 123 Å². The number of hydrogen-bond acceptors (Lipinski definition) is 5. The Morgan fingerprint density at radius 2 is 1.57 bits per heavy atom. The van der Waals surface area contributed by atoms with Crippen LogP contribution in [-0.4, -0.2) is 47.9 Å². The van der Waals surface area contributed by atoms with Gasteiger partial charge in [-0.3, -0.25) is 14.5 Å². The van der Waals surface area contributed by atoms with Crippen LogP contribution in [0.1, 0.15) is 34.6 Å². The zero-order valence-electron chi connectivity index (χ0n) is 12.5. The number of hydroxylamine groups is 2. The van der Waals surface area contributed by atoms with Crippen molar-refractivity contribution < 1.29 is 19.2 Å². The quantitative estimate of drug-likeness (QED) is 0.783. The van der Waals surface area contributed by atoms with Crippen LogP contribution >= 0.6 is 0 Å². The summed E-state index contributed by atoms with van der Waals surface area (Å²) in [6.45, 7) is 3.74. The SMILES string of the molecule is CC(C)[C@@H](C(=O)ON1C(=O)c2ccccc2C1=O)N(C)C. The largest absolute Gasteiger partial charge is 0.350 e. The van der Waals surface area contributed by atoms with Gasteiger partial charge in [-0.25, -0.2) is 4.79 Å². The molecule has 0 radical (unpaired) electrons. The van der Waals surface area contributed by atoms with Gasteiger partial charge in [0.25, 0.3) is 11.8 Å². The minimum Gasteiger partial charge on any atom is -0.328 e. The highest BCUT2D eigenvalue weighted by Gasteiger charge is 2.40. The van der Waals surface area contributed by atoms with E-state index >= 15 is 0 Å².